The van der Waals surface area contributed by atoms with Crippen molar-refractivity contribution in [2.75, 3.05) is 10.6 Å². The number of hydrogen-bond acceptors (Lipinski definition) is 5. The molecule has 0 saturated heterocycles. The van der Waals surface area contributed by atoms with Gasteiger partial charge in [-0.2, -0.15) is 5.10 Å². The van der Waals surface area contributed by atoms with Gasteiger partial charge in [-0.3, -0.25) is 4.79 Å². The number of carbonyl (C=O) groups is 1. The van der Waals surface area contributed by atoms with Crippen LogP contribution in [0.25, 0.3) is 5.82 Å². The Morgan fingerprint density at radius 1 is 0.806 bits per heavy atom. The van der Waals surface area contributed by atoms with Crippen LogP contribution in [0.3, 0.4) is 0 Å². The lowest BCUT2D eigenvalue weighted by Crippen LogP contribution is -2.12. The molecular weight excluding hydrogens is 388 g/mol. The van der Waals surface area contributed by atoms with Crippen molar-refractivity contribution in [1.29, 1.82) is 0 Å². The molecular formula is C24H24N6O. The minimum Gasteiger partial charge on any atom is -0.339 e. The number of aryl methyl sites for hydroxylation is 4. The highest BCUT2D eigenvalue weighted by Gasteiger charge is 2.08. The van der Waals surface area contributed by atoms with E-state index >= 15 is 0 Å². The van der Waals surface area contributed by atoms with Gasteiger partial charge < -0.3 is 10.6 Å². The van der Waals surface area contributed by atoms with Crippen molar-refractivity contribution in [3.63, 3.8) is 0 Å². The third-order valence-electron chi connectivity index (χ3n) is 5.06. The number of rotatable bonds is 5. The Kier molecular flexibility index (Phi) is 5.49. The standard InChI is InChI=1S/C24H24N6O/c1-15-5-6-19(13-16(15)2)24(31)26-21-9-7-20(8-10-21)25-22-11-12-23(28-27-22)30-18(4)14-17(3)29-30/h5-14H,1-4H3,(H,25,27)(H,26,31). The van der Waals surface area contributed by atoms with Gasteiger partial charge in [-0.1, -0.05) is 6.07 Å². The fraction of sp³-hybridized carbons (Fsp3) is 0.167. The Bertz CT molecular complexity index is 1230. The monoisotopic (exact) mass is 412 g/mol. The van der Waals surface area contributed by atoms with Crippen LogP contribution < -0.4 is 10.6 Å². The van der Waals surface area contributed by atoms with Crippen LogP contribution >= 0.6 is 0 Å². The van der Waals surface area contributed by atoms with Crippen LogP contribution in [0.15, 0.2) is 60.7 Å². The Morgan fingerprint density at radius 3 is 2.16 bits per heavy atom. The highest BCUT2D eigenvalue weighted by Crippen LogP contribution is 2.19. The van der Waals surface area contributed by atoms with Crippen molar-refractivity contribution in [2.45, 2.75) is 27.7 Å². The van der Waals surface area contributed by atoms with E-state index in [4.69, 9.17) is 0 Å². The number of benzene rings is 2. The Hall–Kier alpha value is -4.00. The minimum absolute atomic E-state index is 0.130. The zero-order chi connectivity index (χ0) is 22.0. The third-order valence-corrected chi connectivity index (χ3v) is 5.06. The fourth-order valence-electron chi connectivity index (χ4n) is 3.24. The van der Waals surface area contributed by atoms with E-state index in [9.17, 15) is 4.79 Å². The predicted molar refractivity (Wildman–Crippen MR) is 122 cm³/mol. The number of amides is 1. The summed E-state index contributed by atoms with van der Waals surface area (Å²) in [5, 5.41) is 19.0. The maximum Gasteiger partial charge on any atom is 0.255 e. The SMILES string of the molecule is Cc1cc(C)n(-c2ccc(Nc3ccc(NC(=O)c4ccc(C)c(C)c4)cc3)nn2)n1. The van der Waals surface area contributed by atoms with Gasteiger partial charge in [0, 0.05) is 22.6 Å². The van der Waals surface area contributed by atoms with Gasteiger partial charge in [0.1, 0.15) is 0 Å². The molecule has 0 saturated carbocycles. The molecule has 0 aliphatic rings. The van der Waals surface area contributed by atoms with Crippen LogP contribution in [0.2, 0.25) is 0 Å². The van der Waals surface area contributed by atoms with Crippen molar-refractivity contribution in [3.05, 3.63) is 88.7 Å². The molecule has 2 heterocycles. The number of nitrogens with zero attached hydrogens (tertiary/aromatic N) is 4. The van der Waals surface area contributed by atoms with Gasteiger partial charge in [0.05, 0.1) is 5.69 Å². The van der Waals surface area contributed by atoms with Gasteiger partial charge in [-0.15, -0.1) is 10.2 Å². The lowest BCUT2D eigenvalue weighted by molar-refractivity contribution is 0.102. The molecule has 0 radical (unpaired) electrons. The molecule has 7 nitrogen and oxygen atoms in total. The molecule has 0 fully saturated rings. The van der Waals surface area contributed by atoms with Crippen LogP contribution in [0, 0.1) is 27.7 Å². The maximum atomic E-state index is 12.5. The van der Waals surface area contributed by atoms with Crippen molar-refractivity contribution in [2.24, 2.45) is 0 Å². The Labute approximate surface area is 181 Å². The summed E-state index contributed by atoms with van der Waals surface area (Å²) in [4.78, 5) is 12.5. The summed E-state index contributed by atoms with van der Waals surface area (Å²) in [5.74, 6) is 1.16. The number of aromatic nitrogens is 4. The molecule has 2 aromatic carbocycles. The summed E-state index contributed by atoms with van der Waals surface area (Å²) in [6.07, 6.45) is 0. The average Bonchev–Trinajstić information content (AvgIpc) is 3.10. The zero-order valence-corrected chi connectivity index (χ0v) is 18.0. The molecule has 0 aliphatic heterocycles. The summed E-state index contributed by atoms with van der Waals surface area (Å²) in [7, 11) is 0. The summed E-state index contributed by atoms with van der Waals surface area (Å²) in [6, 6.07) is 18.9. The van der Waals surface area contributed by atoms with Gasteiger partial charge in [-0.05, 0) is 93.4 Å². The second-order valence-corrected chi connectivity index (χ2v) is 7.57. The van der Waals surface area contributed by atoms with Crippen molar-refractivity contribution in [3.8, 4) is 5.82 Å². The summed E-state index contributed by atoms with van der Waals surface area (Å²) in [6.45, 7) is 7.95. The first-order valence-corrected chi connectivity index (χ1v) is 10.0. The van der Waals surface area contributed by atoms with E-state index in [1.54, 1.807) is 4.68 Å². The van der Waals surface area contributed by atoms with Crippen LogP contribution in [0.4, 0.5) is 17.2 Å². The summed E-state index contributed by atoms with van der Waals surface area (Å²) >= 11 is 0. The van der Waals surface area contributed by atoms with Gasteiger partial charge in [0.2, 0.25) is 0 Å². The molecule has 1 amide bonds. The van der Waals surface area contributed by atoms with Crippen LogP contribution in [-0.2, 0) is 0 Å². The fourth-order valence-corrected chi connectivity index (χ4v) is 3.24. The van der Waals surface area contributed by atoms with E-state index in [0.717, 1.165) is 33.9 Å². The second kappa shape index (κ2) is 8.39. The molecule has 156 valence electrons. The second-order valence-electron chi connectivity index (χ2n) is 7.57. The normalized spacial score (nSPS) is 10.7. The third kappa shape index (κ3) is 4.61. The molecule has 0 unspecified atom stereocenters. The lowest BCUT2D eigenvalue weighted by Gasteiger charge is -2.09. The first-order chi connectivity index (χ1) is 14.9. The summed E-state index contributed by atoms with van der Waals surface area (Å²) < 4.78 is 1.76. The molecule has 31 heavy (non-hydrogen) atoms. The van der Waals surface area contributed by atoms with E-state index in [2.05, 4.69) is 25.9 Å². The number of anilines is 3. The molecule has 7 heteroatoms. The van der Waals surface area contributed by atoms with Crippen molar-refractivity contribution in [1.82, 2.24) is 20.0 Å². The van der Waals surface area contributed by atoms with Crippen LogP contribution in [0.1, 0.15) is 32.9 Å². The van der Waals surface area contributed by atoms with Gasteiger partial charge in [0.25, 0.3) is 5.91 Å². The van der Waals surface area contributed by atoms with E-state index in [0.29, 0.717) is 17.2 Å². The number of nitrogens with one attached hydrogen (secondary N) is 2. The van der Waals surface area contributed by atoms with E-state index in [-0.39, 0.29) is 5.91 Å². The molecule has 0 aliphatic carbocycles. The minimum atomic E-state index is -0.130. The first kappa shape index (κ1) is 20.3. The van der Waals surface area contributed by atoms with E-state index in [1.807, 2.05) is 88.4 Å². The van der Waals surface area contributed by atoms with E-state index in [1.165, 1.54) is 0 Å². The predicted octanol–water partition coefficient (Wildman–Crippen LogP) is 4.89. The maximum absolute atomic E-state index is 12.5. The highest BCUT2D eigenvalue weighted by molar-refractivity contribution is 6.04. The van der Waals surface area contributed by atoms with E-state index < -0.39 is 0 Å². The molecule has 0 spiro atoms. The lowest BCUT2D eigenvalue weighted by atomic mass is 10.1. The van der Waals surface area contributed by atoms with Crippen molar-refractivity contribution >= 4 is 23.1 Å². The Morgan fingerprint density at radius 2 is 1.55 bits per heavy atom. The van der Waals surface area contributed by atoms with Crippen LogP contribution in [-0.4, -0.2) is 25.9 Å². The highest BCUT2D eigenvalue weighted by atomic mass is 16.1. The molecule has 4 aromatic rings. The van der Waals surface area contributed by atoms with Gasteiger partial charge >= 0.3 is 0 Å². The quantitative estimate of drug-likeness (QED) is 0.487. The smallest absolute Gasteiger partial charge is 0.255 e. The largest absolute Gasteiger partial charge is 0.339 e. The summed E-state index contributed by atoms with van der Waals surface area (Å²) in [5.41, 5.74) is 6.41. The van der Waals surface area contributed by atoms with Crippen LogP contribution in [0.5, 0.6) is 0 Å². The van der Waals surface area contributed by atoms with Crippen molar-refractivity contribution < 1.29 is 4.79 Å². The molecule has 2 aromatic heterocycles. The van der Waals surface area contributed by atoms with Gasteiger partial charge in [-0.25, -0.2) is 4.68 Å². The zero-order valence-electron chi connectivity index (χ0n) is 18.0. The van der Waals surface area contributed by atoms with Gasteiger partial charge in [0.15, 0.2) is 11.6 Å². The molecule has 2 N–H and O–H groups in total. The number of hydrogen-bond donors (Lipinski definition) is 2. The average molecular weight is 412 g/mol. The first-order valence-electron chi connectivity index (χ1n) is 10.0. The number of carbonyl (C=O) groups excluding carboxylic acids is 1. The Balaban J connectivity index is 1.41. The molecule has 0 atom stereocenters. The topological polar surface area (TPSA) is 84.7 Å². The molecule has 4 rings (SSSR count). The molecule has 0 bridgehead atoms.